The van der Waals surface area contributed by atoms with Gasteiger partial charge in [0.15, 0.2) is 16.6 Å². The Kier molecular flexibility index (Phi) is 6.56. The molecule has 1 unspecified atom stereocenters. The minimum Gasteiger partial charge on any atom is -0.480 e. The van der Waals surface area contributed by atoms with Crippen LogP contribution in [0.15, 0.2) is 78.0 Å². The number of aliphatic hydroxyl groups is 1. The number of carbonyl (C=O) groups excluding carboxylic acids is 1. The normalized spacial score (nSPS) is 15.9. The summed E-state index contributed by atoms with van der Waals surface area (Å²) in [5, 5.41) is 36.2. The van der Waals surface area contributed by atoms with E-state index in [9.17, 15) is 19.8 Å². The number of carboxylic acids is 1. The largest absolute Gasteiger partial charge is 0.480 e. The van der Waals surface area contributed by atoms with Gasteiger partial charge in [-0.1, -0.05) is 18.2 Å². The Labute approximate surface area is 209 Å². The number of aliphatic hydroxyl groups excluding tert-OH is 1. The molecule has 36 heavy (non-hydrogen) atoms. The van der Waals surface area contributed by atoms with Crippen molar-refractivity contribution in [2.75, 3.05) is 5.32 Å². The number of carbonyl (C=O) groups is 2. The Morgan fingerprint density at radius 2 is 2.03 bits per heavy atom. The first-order valence-corrected chi connectivity index (χ1v) is 12.1. The quantitative estimate of drug-likeness (QED) is 0.287. The molecule has 0 radical (unpaired) electrons. The van der Waals surface area contributed by atoms with Gasteiger partial charge >= 0.3 is 5.97 Å². The molecule has 11 heteroatoms. The molecule has 182 valence electrons. The summed E-state index contributed by atoms with van der Waals surface area (Å²) in [6.45, 7) is 0. The summed E-state index contributed by atoms with van der Waals surface area (Å²) in [5.74, 6) is -1.16. The van der Waals surface area contributed by atoms with Gasteiger partial charge in [0.25, 0.3) is 5.91 Å². The lowest BCUT2D eigenvalue weighted by Gasteiger charge is -2.17. The number of nitrogens with zero attached hydrogens (tertiary/aromatic N) is 4. The minimum absolute atomic E-state index is 0.104. The number of aromatic nitrogens is 4. The molecule has 1 aromatic carbocycles. The van der Waals surface area contributed by atoms with Gasteiger partial charge in [0, 0.05) is 35.4 Å². The first kappa shape index (κ1) is 23.4. The summed E-state index contributed by atoms with van der Waals surface area (Å²) >= 11 is 1.50. The predicted octanol–water partition coefficient (Wildman–Crippen LogP) is 3.42. The van der Waals surface area contributed by atoms with E-state index in [-0.39, 0.29) is 12.0 Å². The topological polar surface area (TPSA) is 142 Å². The third-order valence-corrected chi connectivity index (χ3v) is 6.39. The summed E-state index contributed by atoms with van der Waals surface area (Å²) < 4.78 is 1.70. The van der Waals surface area contributed by atoms with Crippen LogP contribution >= 0.6 is 11.3 Å². The second-order valence-electron chi connectivity index (χ2n) is 8.19. The number of amides is 1. The standard InChI is InChI=1S/C25H22N6O4S/c32-18-9-3-15(4-10-18)14-20(24(34)35)28-23(33)19-2-1-12-31-21(29-30-22(19)31)16-5-7-17(8-6-16)27-25-26-11-13-36-25/h1-9,11-13,18,20,32H,10,14H2,(H,26,27)(H,28,33)(H,34,35)/t18?,20-/m0/s1. The van der Waals surface area contributed by atoms with E-state index in [0.717, 1.165) is 22.0 Å². The van der Waals surface area contributed by atoms with Crippen LogP contribution in [0.4, 0.5) is 10.8 Å². The molecule has 4 N–H and O–H groups in total. The molecule has 0 spiro atoms. The van der Waals surface area contributed by atoms with Gasteiger partial charge in [-0.05, 0) is 48.4 Å². The maximum Gasteiger partial charge on any atom is 0.326 e. The van der Waals surface area contributed by atoms with E-state index >= 15 is 0 Å². The fraction of sp³-hybridized carbons (Fsp3) is 0.160. The fourth-order valence-corrected chi connectivity index (χ4v) is 4.43. The lowest BCUT2D eigenvalue weighted by Crippen LogP contribution is -2.41. The first-order valence-electron chi connectivity index (χ1n) is 11.2. The maximum absolute atomic E-state index is 13.1. The smallest absolute Gasteiger partial charge is 0.326 e. The third kappa shape index (κ3) is 5.02. The number of aliphatic carboxylic acids is 1. The molecular weight excluding hydrogens is 480 g/mol. The molecule has 3 aromatic heterocycles. The molecule has 0 fully saturated rings. The lowest BCUT2D eigenvalue weighted by molar-refractivity contribution is -0.139. The van der Waals surface area contributed by atoms with Crippen LogP contribution in [0.25, 0.3) is 17.0 Å². The van der Waals surface area contributed by atoms with Crippen molar-refractivity contribution in [1.29, 1.82) is 0 Å². The van der Waals surface area contributed by atoms with E-state index in [1.807, 2.05) is 29.6 Å². The van der Waals surface area contributed by atoms with E-state index in [1.54, 1.807) is 47.2 Å². The van der Waals surface area contributed by atoms with Crippen LogP contribution in [0.2, 0.25) is 0 Å². The number of hydrogen-bond acceptors (Lipinski definition) is 8. The van der Waals surface area contributed by atoms with Crippen molar-refractivity contribution in [3.05, 3.63) is 83.5 Å². The number of carboxylic acid groups (broad SMARTS) is 1. The number of anilines is 2. The van der Waals surface area contributed by atoms with E-state index in [2.05, 4.69) is 25.8 Å². The predicted molar refractivity (Wildman–Crippen MR) is 135 cm³/mol. The van der Waals surface area contributed by atoms with Crippen molar-refractivity contribution in [3.63, 3.8) is 0 Å². The number of benzene rings is 1. The highest BCUT2D eigenvalue weighted by molar-refractivity contribution is 7.13. The van der Waals surface area contributed by atoms with Crippen LogP contribution in [-0.2, 0) is 4.79 Å². The van der Waals surface area contributed by atoms with Crippen LogP contribution in [0, 0.1) is 0 Å². The molecule has 3 heterocycles. The van der Waals surface area contributed by atoms with E-state index in [4.69, 9.17) is 0 Å². The Morgan fingerprint density at radius 1 is 1.19 bits per heavy atom. The Hall–Kier alpha value is -4.35. The number of allylic oxidation sites excluding steroid dienone is 1. The molecule has 10 nitrogen and oxygen atoms in total. The van der Waals surface area contributed by atoms with Gasteiger partial charge in [-0.3, -0.25) is 9.20 Å². The number of pyridine rings is 1. The second-order valence-corrected chi connectivity index (χ2v) is 9.08. The maximum atomic E-state index is 13.1. The summed E-state index contributed by atoms with van der Waals surface area (Å²) in [6.07, 6.45) is 8.48. The lowest BCUT2D eigenvalue weighted by atomic mass is 9.98. The van der Waals surface area contributed by atoms with Crippen molar-refractivity contribution in [1.82, 2.24) is 24.9 Å². The van der Waals surface area contributed by atoms with Crippen LogP contribution in [0.3, 0.4) is 0 Å². The number of thiazole rings is 1. The molecule has 5 rings (SSSR count). The molecule has 0 aliphatic heterocycles. The van der Waals surface area contributed by atoms with Crippen molar-refractivity contribution < 1.29 is 19.8 Å². The molecule has 0 saturated carbocycles. The van der Waals surface area contributed by atoms with Crippen LogP contribution in [-0.4, -0.2) is 53.8 Å². The minimum atomic E-state index is -1.15. The molecule has 2 atom stereocenters. The Balaban J connectivity index is 1.35. The first-order chi connectivity index (χ1) is 17.5. The molecule has 1 aliphatic rings. The molecule has 4 aromatic rings. The molecule has 0 saturated heterocycles. The zero-order valence-electron chi connectivity index (χ0n) is 18.9. The van der Waals surface area contributed by atoms with Gasteiger partial charge in [-0.25, -0.2) is 9.78 Å². The van der Waals surface area contributed by atoms with Gasteiger partial charge in [0.1, 0.15) is 6.04 Å². The summed E-state index contributed by atoms with van der Waals surface area (Å²) in [6, 6.07) is 9.72. The monoisotopic (exact) mass is 502 g/mol. The van der Waals surface area contributed by atoms with Crippen molar-refractivity contribution in [2.45, 2.75) is 25.0 Å². The second kappa shape index (κ2) is 10.1. The highest BCUT2D eigenvalue weighted by Gasteiger charge is 2.24. The Morgan fingerprint density at radius 3 is 2.72 bits per heavy atom. The van der Waals surface area contributed by atoms with Gasteiger partial charge in [0.2, 0.25) is 0 Å². The van der Waals surface area contributed by atoms with Crippen LogP contribution in [0.1, 0.15) is 23.2 Å². The van der Waals surface area contributed by atoms with Crippen molar-refractivity contribution in [3.8, 4) is 11.4 Å². The van der Waals surface area contributed by atoms with Crippen molar-refractivity contribution in [2.24, 2.45) is 0 Å². The highest BCUT2D eigenvalue weighted by atomic mass is 32.1. The molecule has 1 amide bonds. The van der Waals surface area contributed by atoms with E-state index in [1.165, 1.54) is 11.3 Å². The number of nitrogens with one attached hydrogen (secondary N) is 2. The average molecular weight is 503 g/mol. The molecule has 0 bridgehead atoms. The van der Waals surface area contributed by atoms with Gasteiger partial charge in [-0.2, -0.15) is 0 Å². The number of fused-ring (bicyclic) bond motifs is 1. The number of rotatable bonds is 8. The number of hydrogen-bond donors (Lipinski definition) is 4. The van der Waals surface area contributed by atoms with E-state index < -0.39 is 24.0 Å². The summed E-state index contributed by atoms with van der Waals surface area (Å²) in [7, 11) is 0. The average Bonchev–Trinajstić information content (AvgIpc) is 3.55. The summed E-state index contributed by atoms with van der Waals surface area (Å²) in [5.41, 5.74) is 2.95. The highest BCUT2D eigenvalue weighted by Crippen LogP contribution is 2.24. The fourth-order valence-electron chi connectivity index (χ4n) is 3.88. The van der Waals surface area contributed by atoms with Crippen LogP contribution < -0.4 is 10.6 Å². The SMILES string of the molecule is O=C(N[C@@H](CC1=CCC(O)C=C1)C(=O)O)c1cccn2c(-c3ccc(Nc4nccs4)cc3)nnc12. The zero-order chi connectivity index (χ0) is 25.1. The summed E-state index contributed by atoms with van der Waals surface area (Å²) in [4.78, 5) is 29.1. The molecule has 1 aliphatic carbocycles. The third-order valence-electron chi connectivity index (χ3n) is 5.70. The van der Waals surface area contributed by atoms with Crippen LogP contribution in [0.5, 0.6) is 0 Å². The van der Waals surface area contributed by atoms with Gasteiger partial charge in [-0.15, -0.1) is 21.5 Å². The zero-order valence-corrected chi connectivity index (χ0v) is 19.7. The van der Waals surface area contributed by atoms with Crippen molar-refractivity contribution >= 4 is 39.7 Å². The van der Waals surface area contributed by atoms with E-state index in [0.29, 0.717) is 17.9 Å². The van der Waals surface area contributed by atoms with Gasteiger partial charge < -0.3 is 20.8 Å². The van der Waals surface area contributed by atoms with Gasteiger partial charge in [0.05, 0.1) is 11.7 Å². The Bertz CT molecular complexity index is 1460. The molecular formula is C25H22N6O4S.